The monoisotopic (exact) mass is 248 g/mol. The van der Waals surface area contributed by atoms with Crippen LogP contribution in [0.4, 0.5) is 0 Å². The highest BCUT2D eigenvalue weighted by Gasteiger charge is 2.34. The van der Waals surface area contributed by atoms with E-state index in [-0.39, 0.29) is 0 Å². The molecular formula is C14H17O2P. The number of fused-ring (bicyclic) bond motifs is 2. The first-order valence-electron chi connectivity index (χ1n) is 6.08. The number of hydrogen-bond donors (Lipinski definition) is 0. The number of rotatable bonds is 1. The summed E-state index contributed by atoms with van der Waals surface area (Å²) in [7, 11) is -0.301. The maximum atomic E-state index is 12.4. The van der Waals surface area contributed by atoms with E-state index in [2.05, 4.69) is 12.1 Å². The molecule has 0 saturated carbocycles. The molecule has 2 nitrogen and oxygen atoms in total. The Morgan fingerprint density at radius 2 is 2.06 bits per heavy atom. The lowest BCUT2D eigenvalue weighted by Crippen LogP contribution is -2.02. The molecule has 1 aliphatic heterocycles. The highest BCUT2D eigenvalue weighted by atomic mass is 31.2. The molecule has 0 saturated heterocycles. The molecular weight excluding hydrogens is 231 g/mol. The Morgan fingerprint density at radius 1 is 1.24 bits per heavy atom. The van der Waals surface area contributed by atoms with Gasteiger partial charge in [-0.2, -0.15) is 0 Å². The highest BCUT2D eigenvalue weighted by molar-refractivity contribution is 7.68. The number of benzene rings is 1. The van der Waals surface area contributed by atoms with Crippen LogP contribution in [0.3, 0.4) is 0 Å². The van der Waals surface area contributed by atoms with Crippen molar-refractivity contribution in [2.75, 3.05) is 19.9 Å². The largest absolute Gasteiger partial charge is 0.497 e. The first-order chi connectivity index (χ1) is 8.12. The molecule has 0 bridgehead atoms. The standard InChI is InChI=1S/C14H17O2P/c1-16-11-4-5-12-10(9-11)3-6-14-13(12)7-8-17(14,2)15/h4-5,9H,3,6-8H2,1-2H3. The minimum absolute atomic E-state index is 0.864. The zero-order chi connectivity index (χ0) is 12.0. The maximum absolute atomic E-state index is 12.4. The SMILES string of the molecule is COc1ccc2c(c1)CCC1=C2CCP1(C)=O. The quantitative estimate of drug-likeness (QED) is 0.707. The predicted octanol–water partition coefficient (Wildman–Crippen LogP) is 3.75. The molecule has 2 aliphatic rings. The van der Waals surface area contributed by atoms with Gasteiger partial charge in [-0.15, -0.1) is 0 Å². The zero-order valence-electron chi connectivity index (χ0n) is 10.3. The summed E-state index contributed by atoms with van der Waals surface area (Å²) in [5.41, 5.74) is 4.02. The van der Waals surface area contributed by atoms with Gasteiger partial charge in [0.2, 0.25) is 0 Å². The number of aryl methyl sites for hydroxylation is 1. The molecule has 1 aromatic rings. The van der Waals surface area contributed by atoms with Crippen LogP contribution in [0.5, 0.6) is 5.75 Å². The fourth-order valence-electron chi connectivity index (χ4n) is 3.02. The second kappa shape index (κ2) is 3.74. The second-order valence-corrected chi connectivity index (χ2v) is 8.21. The third kappa shape index (κ3) is 1.66. The summed E-state index contributed by atoms with van der Waals surface area (Å²) < 4.78 is 17.7. The van der Waals surface area contributed by atoms with E-state index < -0.39 is 7.14 Å². The molecule has 1 unspecified atom stereocenters. The van der Waals surface area contributed by atoms with Crippen molar-refractivity contribution in [1.82, 2.24) is 0 Å². The van der Waals surface area contributed by atoms with Gasteiger partial charge in [-0.1, -0.05) is 6.07 Å². The highest BCUT2D eigenvalue weighted by Crippen LogP contribution is 2.63. The predicted molar refractivity (Wildman–Crippen MR) is 71.2 cm³/mol. The minimum Gasteiger partial charge on any atom is -0.497 e. The van der Waals surface area contributed by atoms with Gasteiger partial charge in [0.25, 0.3) is 0 Å². The molecule has 0 N–H and O–H groups in total. The van der Waals surface area contributed by atoms with Gasteiger partial charge in [0.05, 0.1) is 7.11 Å². The lowest BCUT2D eigenvalue weighted by Gasteiger charge is -2.21. The molecule has 90 valence electrons. The van der Waals surface area contributed by atoms with Crippen molar-refractivity contribution < 1.29 is 9.30 Å². The summed E-state index contributed by atoms with van der Waals surface area (Å²) in [4.78, 5) is 0. The molecule has 3 rings (SSSR count). The van der Waals surface area contributed by atoms with Crippen LogP contribution in [0.25, 0.3) is 5.57 Å². The smallest absolute Gasteiger partial charge is 0.119 e. The van der Waals surface area contributed by atoms with Gasteiger partial charge in [0, 0.05) is 6.16 Å². The van der Waals surface area contributed by atoms with Crippen LogP contribution in [-0.4, -0.2) is 19.9 Å². The van der Waals surface area contributed by atoms with Crippen LogP contribution in [-0.2, 0) is 11.0 Å². The molecule has 0 fully saturated rings. The van der Waals surface area contributed by atoms with Crippen molar-refractivity contribution >= 4 is 12.7 Å². The molecule has 1 aliphatic carbocycles. The van der Waals surface area contributed by atoms with Gasteiger partial charge < -0.3 is 9.30 Å². The van der Waals surface area contributed by atoms with Crippen molar-refractivity contribution in [2.24, 2.45) is 0 Å². The van der Waals surface area contributed by atoms with Crippen molar-refractivity contribution in [1.29, 1.82) is 0 Å². The van der Waals surface area contributed by atoms with Crippen molar-refractivity contribution in [3.05, 3.63) is 34.6 Å². The van der Waals surface area contributed by atoms with Crippen LogP contribution in [0.2, 0.25) is 0 Å². The summed E-state index contributed by atoms with van der Waals surface area (Å²) in [6.45, 7) is 1.95. The fraction of sp³-hybridized carbons (Fsp3) is 0.429. The maximum Gasteiger partial charge on any atom is 0.119 e. The van der Waals surface area contributed by atoms with E-state index in [1.165, 1.54) is 22.0 Å². The first kappa shape index (κ1) is 11.1. The van der Waals surface area contributed by atoms with Crippen LogP contribution < -0.4 is 4.74 Å². The molecule has 17 heavy (non-hydrogen) atoms. The van der Waals surface area contributed by atoms with Crippen molar-refractivity contribution in [3.8, 4) is 5.75 Å². The van der Waals surface area contributed by atoms with Crippen LogP contribution in [0, 0.1) is 0 Å². The van der Waals surface area contributed by atoms with Gasteiger partial charge in [0.1, 0.15) is 12.9 Å². The van der Waals surface area contributed by atoms with E-state index in [1.54, 1.807) is 7.11 Å². The Bertz CT molecular complexity index is 557. The molecule has 0 radical (unpaired) electrons. The lowest BCUT2D eigenvalue weighted by molar-refractivity contribution is 0.414. The molecule has 1 atom stereocenters. The average Bonchev–Trinajstić information content (AvgIpc) is 2.65. The molecule has 1 heterocycles. The Balaban J connectivity index is 2.14. The lowest BCUT2D eigenvalue weighted by atomic mass is 9.89. The summed E-state index contributed by atoms with van der Waals surface area (Å²) in [6.07, 6.45) is 3.83. The second-order valence-electron chi connectivity index (χ2n) is 5.02. The summed E-state index contributed by atoms with van der Waals surface area (Å²) in [6, 6.07) is 6.26. The molecule has 1 aromatic carbocycles. The minimum atomic E-state index is -2.00. The third-order valence-electron chi connectivity index (χ3n) is 3.98. The first-order valence-corrected chi connectivity index (χ1v) is 8.42. The van der Waals surface area contributed by atoms with Gasteiger partial charge in [0.15, 0.2) is 0 Å². The van der Waals surface area contributed by atoms with Gasteiger partial charge in [-0.05, 0) is 60.1 Å². The van der Waals surface area contributed by atoms with Crippen molar-refractivity contribution in [2.45, 2.75) is 19.3 Å². The molecule has 0 amide bonds. The Morgan fingerprint density at radius 3 is 2.82 bits per heavy atom. The number of ether oxygens (including phenoxy) is 1. The van der Waals surface area contributed by atoms with Gasteiger partial charge in [-0.3, -0.25) is 0 Å². The summed E-state index contributed by atoms with van der Waals surface area (Å²) in [5.74, 6) is 0.922. The van der Waals surface area contributed by atoms with Gasteiger partial charge >= 0.3 is 0 Å². The number of allylic oxidation sites excluding steroid dienone is 2. The van der Waals surface area contributed by atoms with E-state index >= 15 is 0 Å². The van der Waals surface area contributed by atoms with Crippen LogP contribution in [0.15, 0.2) is 23.5 Å². The zero-order valence-corrected chi connectivity index (χ0v) is 11.2. The van der Waals surface area contributed by atoms with E-state index in [1.807, 2.05) is 12.7 Å². The average molecular weight is 248 g/mol. The van der Waals surface area contributed by atoms with Crippen molar-refractivity contribution in [3.63, 3.8) is 0 Å². The summed E-state index contributed by atoms with van der Waals surface area (Å²) >= 11 is 0. The van der Waals surface area contributed by atoms with Crippen LogP contribution in [0.1, 0.15) is 24.0 Å². The van der Waals surface area contributed by atoms with Crippen LogP contribution >= 0.6 is 7.14 Å². The number of methoxy groups -OCH3 is 1. The summed E-state index contributed by atoms with van der Waals surface area (Å²) in [5, 5.41) is 1.26. The fourth-order valence-corrected chi connectivity index (χ4v) is 5.33. The molecule has 3 heteroatoms. The number of hydrogen-bond acceptors (Lipinski definition) is 2. The van der Waals surface area contributed by atoms with E-state index in [9.17, 15) is 4.57 Å². The topological polar surface area (TPSA) is 26.3 Å². The Hall–Kier alpha value is -1.01. The normalized spacial score (nSPS) is 26.7. The van der Waals surface area contributed by atoms with Gasteiger partial charge in [-0.25, -0.2) is 0 Å². The Kier molecular flexibility index (Phi) is 2.45. The van der Waals surface area contributed by atoms with E-state index in [4.69, 9.17) is 4.74 Å². The molecule has 0 aromatic heterocycles. The van der Waals surface area contributed by atoms with E-state index in [0.717, 1.165) is 31.2 Å². The molecule has 0 spiro atoms. The Labute approximate surface area is 102 Å². The third-order valence-corrected chi connectivity index (χ3v) is 6.69. The van der Waals surface area contributed by atoms with E-state index in [0.29, 0.717) is 0 Å².